The van der Waals surface area contributed by atoms with Gasteiger partial charge in [-0.25, -0.2) is 13.1 Å². The van der Waals surface area contributed by atoms with E-state index in [-0.39, 0.29) is 16.8 Å². The molecule has 1 aliphatic rings. The fourth-order valence-corrected chi connectivity index (χ4v) is 4.82. The van der Waals surface area contributed by atoms with Gasteiger partial charge in [0, 0.05) is 37.8 Å². The van der Waals surface area contributed by atoms with Crippen molar-refractivity contribution in [2.75, 3.05) is 31.1 Å². The number of para-hydroxylation sites is 1. The summed E-state index contributed by atoms with van der Waals surface area (Å²) in [5.41, 5.74) is 1.46. The molecule has 0 saturated carbocycles. The summed E-state index contributed by atoms with van der Waals surface area (Å²) in [6.07, 6.45) is 0.704. The minimum Gasteiger partial charge on any atom is -0.367 e. The van der Waals surface area contributed by atoms with Crippen molar-refractivity contribution < 1.29 is 13.2 Å². The summed E-state index contributed by atoms with van der Waals surface area (Å²) >= 11 is 6.27. The van der Waals surface area contributed by atoms with Crippen LogP contribution in [-0.2, 0) is 10.0 Å². The standard InChI is InChI=1S/C21H26ClN3O3S/c1-3-16(2)23-29(27,28)18-10-8-17(9-11-18)21(26)25-14-12-24(13-15-25)20-7-5-4-6-19(20)22/h4-11,16,23H,3,12-15H2,1-2H3. The van der Waals surface area contributed by atoms with E-state index in [0.29, 0.717) is 43.2 Å². The highest BCUT2D eigenvalue weighted by Crippen LogP contribution is 2.26. The Hall–Kier alpha value is -2.09. The molecule has 1 amide bonds. The van der Waals surface area contributed by atoms with Crippen LogP contribution in [-0.4, -0.2) is 51.4 Å². The van der Waals surface area contributed by atoms with Crippen molar-refractivity contribution in [3.8, 4) is 0 Å². The molecule has 2 aromatic carbocycles. The molecule has 1 saturated heterocycles. The maximum Gasteiger partial charge on any atom is 0.253 e. The molecule has 0 aromatic heterocycles. The number of carbonyl (C=O) groups excluding carboxylic acids is 1. The molecule has 0 bridgehead atoms. The molecule has 0 spiro atoms. The molecule has 1 N–H and O–H groups in total. The Balaban J connectivity index is 1.64. The molecular formula is C21H26ClN3O3S. The van der Waals surface area contributed by atoms with Crippen molar-refractivity contribution in [3.63, 3.8) is 0 Å². The van der Waals surface area contributed by atoms with Gasteiger partial charge in [-0.15, -0.1) is 0 Å². The van der Waals surface area contributed by atoms with E-state index in [1.165, 1.54) is 12.1 Å². The molecule has 3 rings (SSSR count). The molecular weight excluding hydrogens is 410 g/mol. The van der Waals surface area contributed by atoms with Gasteiger partial charge in [-0.2, -0.15) is 0 Å². The number of sulfonamides is 1. The summed E-state index contributed by atoms with van der Waals surface area (Å²) in [4.78, 5) is 16.9. The van der Waals surface area contributed by atoms with Gasteiger partial charge in [0.05, 0.1) is 15.6 Å². The van der Waals surface area contributed by atoms with Crippen molar-refractivity contribution >= 4 is 33.2 Å². The zero-order valence-electron chi connectivity index (χ0n) is 16.6. The molecule has 2 aromatic rings. The van der Waals surface area contributed by atoms with Crippen LogP contribution in [0.1, 0.15) is 30.6 Å². The molecule has 29 heavy (non-hydrogen) atoms. The second-order valence-corrected chi connectivity index (χ2v) is 9.31. The third-order valence-corrected chi connectivity index (χ3v) is 7.07. The highest BCUT2D eigenvalue weighted by molar-refractivity contribution is 7.89. The van der Waals surface area contributed by atoms with Gasteiger partial charge in [-0.1, -0.05) is 30.7 Å². The van der Waals surface area contributed by atoms with Gasteiger partial charge in [0.15, 0.2) is 0 Å². The lowest BCUT2D eigenvalue weighted by atomic mass is 10.1. The monoisotopic (exact) mass is 435 g/mol. The van der Waals surface area contributed by atoms with Gasteiger partial charge in [-0.3, -0.25) is 4.79 Å². The van der Waals surface area contributed by atoms with Crippen LogP contribution in [0.5, 0.6) is 0 Å². The Labute approximate surface area is 177 Å². The molecule has 1 atom stereocenters. The summed E-state index contributed by atoms with van der Waals surface area (Å²) in [7, 11) is -3.58. The minimum atomic E-state index is -3.58. The number of halogens is 1. The first-order valence-electron chi connectivity index (χ1n) is 9.73. The van der Waals surface area contributed by atoms with E-state index in [1.807, 2.05) is 38.1 Å². The number of rotatable bonds is 6. The quantitative estimate of drug-likeness (QED) is 0.755. The largest absolute Gasteiger partial charge is 0.367 e. The molecule has 6 nitrogen and oxygen atoms in total. The van der Waals surface area contributed by atoms with Crippen LogP contribution < -0.4 is 9.62 Å². The van der Waals surface area contributed by atoms with Crippen molar-refractivity contribution in [1.82, 2.24) is 9.62 Å². The first kappa shape index (κ1) is 21.6. The van der Waals surface area contributed by atoms with Crippen molar-refractivity contribution in [2.24, 2.45) is 0 Å². The van der Waals surface area contributed by atoms with Crippen LogP contribution in [0.3, 0.4) is 0 Å². The van der Waals surface area contributed by atoms with E-state index >= 15 is 0 Å². The Kier molecular flexibility index (Phi) is 6.82. The second-order valence-electron chi connectivity index (χ2n) is 7.19. The van der Waals surface area contributed by atoms with Gasteiger partial charge in [0.25, 0.3) is 5.91 Å². The van der Waals surface area contributed by atoms with E-state index in [1.54, 1.807) is 17.0 Å². The number of nitrogens with one attached hydrogen (secondary N) is 1. The normalized spacial score (nSPS) is 16.0. The van der Waals surface area contributed by atoms with Crippen LogP contribution in [0, 0.1) is 0 Å². The molecule has 1 aliphatic heterocycles. The molecule has 1 heterocycles. The van der Waals surface area contributed by atoms with Gasteiger partial charge in [0.1, 0.15) is 0 Å². The smallest absolute Gasteiger partial charge is 0.253 e. The second kappa shape index (κ2) is 9.15. The van der Waals surface area contributed by atoms with E-state index in [2.05, 4.69) is 9.62 Å². The van der Waals surface area contributed by atoms with Crippen molar-refractivity contribution in [1.29, 1.82) is 0 Å². The molecule has 1 fully saturated rings. The minimum absolute atomic E-state index is 0.0948. The number of amides is 1. The zero-order valence-corrected chi connectivity index (χ0v) is 18.2. The topological polar surface area (TPSA) is 69.7 Å². The zero-order chi connectivity index (χ0) is 21.0. The molecule has 8 heteroatoms. The fraction of sp³-hybridized carbons (Fsp3) is 0.381. The van der Waals surface area contributed by atoms with E-state index < -0.39 is 10.0 Å². The van der Waals surface area contributed by atoms with Crippen molar-refractivity contribution in [3.05, 3.63) is 59.1 Å². The Bertz CT molecular complexity index is 955. The number of benzene rings is 2. The lowest BCUT2D eigenvalue weighted by Crippen LogP contribution is -2.48. The van der Waals surface area contributed by atoms with Gasteiger partial charge in [0.2, 0.25) is 10.0 Å². The van der Waals surface area contributed by atoms with Gasteiger partial charge < -0.3 is 9.80 Å². The lowest BCUT2D eigenvalue weighted by molar-refractivity contribution is 0.0746. The Morgan fingerprint density at radius 2 is 1.69 bits per heavy atom. The van der Waals surface area contributed by atoms with E-state index in [4.69, 9.17) is 11.6 Å². The maximum atomic E-state index is 12.8. The van der Waals surface area contributed by atoms with Gasteiger partial charge in [-0.05, 0) is 49.7 Å². The highest BCUT2D eigenvalue weighted by atomic mass is 35.5. The van der Waals surface area contributed by atoms with Crippen LogP contribution in [0.2, 0.25) is 5.02 Å². The summed E-state index contributed by atoms with van der Waals surface area (Å²) in [5, 5.41) is 0.704. The number of carbonyl (C=O) groups is 1. The SMILES string of the molecule is CCC(C)NS(=O)(=O)c1ccc(C(=O)N2CCN(c3ccccc3Cl)CC2)cc1. The third kappa shape index (κ3) is 5.10. The predicted molar refractivity (Wildman–Crippen MR) is 116 cm³/mol. The number of anilines is 1. The Morgan fingerprint density at radius 3 is 2.28 bits per heavy atom. The third-order valence-electron chi connectivity index (χ3n) is 5.14. The summed E-state index contributed by atoms with van der Waals surface area (Å²) < 4.78 is 27.3. The summed E-state index contributed by atoms with van der Waals surface area (Å²) in [6, 6.07) is 13.7. The van der Waals surface area contributed by atoms with Crippen LogP contribution in [0.4, 0.5) is 5.69 Å². The van der Waals surface area contributed by atoms with Crippen LogP contribution >= 0.6 is 11.6 Å². The fourth-order valence-electron chi connectivity index (χ4n) is 3.23. The lowest BCUT2D eigenvalue weighted by Gasteiger charge is -2.36. The van der Waals surface area contributed by atoms with Crippen LogP contribution in [0.25, 0.3) is 0 Å². The first-order chi connectivity index (χ1) is 13.8. The summed E-state index contributed by atoms with van der Waals surface area (Å²) in [6.45, 7) is 6.29. The number of hydrogen-bond acceptors (Lipinski definition) is 4. The van der Waals surface area contributed by atoms with E-state index in [9.17, 15) is 13.2 Å². The molecule has 0 aliphatic carbocycles. The first-order valence-corrected chi connectivity index (χ1v) is 11.6. The maximum absolute atomic E-state index is 12.8. The average Bonchev–Trinajstić information content (AvgIpc) is 2.73. The summed E-state index contributed by atoms with van der Waals surface area (Å²) in [5.74, 6) is -0.0948. The average molecular weight is 436 g/mol. The number of hydrogen-bond donors (Lipinski definition) is 1. The van der Waals surface area contributed by atoms with E-state index in [0.717, 1.165) is 5.69 Å². The van der Waals surface area contributed by atoms with Crippen molar-refractivity contribution in [2.45, 2.75) is 31.2 Å². The molecule has 156 valence electrons. The predicted octanol–water partition coefficient (Wildman–Crippen LogP) is 3.38. The van der Waals surface area contributed by atoms with Gasteiger partial charge >= 0.3 is 0 Å². The number of nitrogens with zero attached hydrogens (tertiary/aromatic N) is 2. The van der Waals surface area contributed by atoms with Crippen LogP contribution in [0.15, 0.2) is 53.4 Å². The molecule has 1 unspecified atom stereocenters. The highest BCUT2D eigenvalue weighted by Gasteiger charge is 2.24. The Morgan fingerprint density at radius 1 is 1.07 bits per heavy atom. The number of piperazine rings is 1. The molecule has 0 radical (unpaired) electrons.